The van der Waals surface area contributed by atoms with E-state index in [0.29, 0.717) is 26.2 Å². The minimum absolute atomic E-state index is 0.0228. The van der Waals surface area contributed by atoms with Gasteiger partial charge in [0, 0.05) is 45.9 Å². The summed E-state index contributed by atoms with van der Waals surface area (Å²) in [6.45, 7) is 5.20. The molecule has 0 aliphatic carbocycles. The SMILES string of the molecule is COCC(=O)N1CCN(Cc2cccc(OCCN3CCCC3)c2)C[C@@](O)(COc2ccc(F)c(F)c2)C1. The van der Waals surface area contributed by atoms with Crippen LogP contribution in [0.15, 0.2) is 42.5 Å². The number of amides is 1. The van der Waals surface area contributed by atoms with Crippen LogP contribution in [0.1, 0.15) is 18.4 Å². The number of hydrogen-bond donors (Lipinski definition) is 1. The molecule has 2 aromatic rings. The lowest BCUT2D eigenvalue weighted by Crippen LogP contribution is -2.52. The van der Waals surface area contributed by atoms with Gasteiger partial charge in [-0.2, -0.15) is 0 Å². The predicted octanol–water partition coefficient (Wildman–Crippen LogP) is 2.54. The van der Waals surface area contributed by atoms with Crippen molar-refractivity contribution in [1.29, 1.82) is 0 Å². The molecule has 2 aliphatic heterocycles. The summed E-state index contributed by atoms with van der Waals surface area (Å²) < 4.78 is 43.6. The van der Waals surface area contributed by atoms with Crippen LogP contribution < -0.4 is 9.47 Å². The lowest BCUT2D eigenvalue weighted by molar-refractivity contribution is -0.138. The maximum absolute atomic E-state index is 13.6. The number of nitrogens with zero attached hydrogens (tertiary/aromatic N) is 3. The van der Waals surface area contributed by atoms with E-state index in [1.165, 1.54) is 26.0 Å². The average molecular weight is 534 g/mol. The van der Waals surface area contributed by atoms with Crippen molar-refractivity contribution in [2.45, 2.75) is 25.0 Å². The van der Waals surface area contributed by atoms with Crippen LogP contribution in [0.5, 0.6) is 11.5 Å². The van der Waals surface area contributed by atoms with Gasteiger partial charge in [0.1, 0.15) is 36.9 Å². The summed E-state index contributed by atoms with van der Waals surface area (Å²) in [6, 6.07) is 11.1. The van der Waals surface area contributed by atoms with Crippen molar-refractivity contribution in [2.24, 2.45) is 0 Å². The highest BCUT2D eigenvalue weighted by Crippen LogP contribution is 2.22. The molecule has 10 heteroatoms. The standard InChI is InChI=1S/C28H37F2N3O5/c1-36-18-27(34)33-12-11-32(19-28(35,20-33)21-38-24-7-8-25(29)26(30)16-24)17-22-5-4-6-23(15-22)37-14-13-31-9-2-3-10-31/h4-8,15-16,35H,2-3,9-14,17-21H2,1H3/t28-/m0/s1. The third-order valence-electron chi connectivity index (χ3n) is 6.89. The number of aliphatic hydroxyl groups is 1. The summed E-state index contributed by atoms with van der Waals surface area (Å²) in [7, 11) is 1.45. The highest BCUT2D eigenvalue weighted by atomic mass is 19.2. The molecule has 2 heterocycles. The van der Waals surface area contributed by atoms with Gasteiger partial charge in [-0.15, -0.1) is 0 Å². The minimum atomic E-state index is -1.45. The average Bonchev–Trinajstić information content (AvgIpc) is 3.35. The summed E-state index contributed by atoms with van der Waals surface area (Å²) >= 11 is 0. The Balaban J connectivity index is 1.41. The second-order valence-corrected chi connectivity index (χ2v) is 10.1. The number of β-amino-alcohol motifs (C(OH)–C–C–N with tert-alkyl or cyclic N) is 1. The van der Waals surface area contributed by atoms with E-state index in [1.807, 2.05) is 24.3 Å². The first-order valence-electron chi connectivity index (χ1n) is 13.1. The summed E-state index contributed by atoms with van der Waals surface area (Å²) in [5.74, 6) is -1.35. The third-order valence-corrected chi connectivity index (χ3v) is 6.89. The molecule has 0 aromatic heterocycles. The Bertz CT molecular complexity index is 1070. The van der Waals surface area contributed by atoms with Gasteiger partial charge in [0.25, 0.3) is 0 Å². The highest BCUT2D eigenvalue weighted by molar-refractivity contribution is 5.77. The Morgan fingerprint density at radius 3 is 2.50 bits per heavy atom. The molecular weight excluding hydrogens is 496 g/mol. The number of hydrogen-bond acceptors (Lipinski definition) is 7. The maximum atomic E-state index is 13.6. The predicted molar refractivity (Wildman–Crippen MR) is 138 cm³/mol. The smallest absolute Gasteiger partial charge is 0.248 e. The van der Waals surface area contributed by atoms with Crippen LogP contribution >= 0.6 is 0 Å². The van der Waals surface area contributed by atoms with Gasteiger partial charge in [-0.25, -0.2) is 8.78 Å². The number of benzene rings is 2. The molecule has 2 fully saturated rings. The Hall–Kier alpha value is -2.79. The molecule has 2 aromatic carbocycles. The molecule has 38 heavy (non-hydrogen) atoms. The van der Waals surface area contributed by atoms with Gasteiger partial charge in [-0.1, -0.05) is 12.1 Å². The van der Waals surface area contributed by atoms with E-state index in [-0.39, 0.29) is 38.0 Å². The molecule has 208 valence electrons. The van der Waals surface area contributed by atoms with Gasteiger partial charge in [0.2, 0.25) is 5.91 Å². The van der Waals surface area contributed by atoms with Crippen LogP contribution in [0.4, 0.5) is 8.78 Å². The molecule has 0 unspecified atom stereocenters. The van der Waals surface area contributed by atoms with E-state index < -0.39 is 17.2 Å². The number of methoxy groups -OCH3 is 1. The lowest BCUT2D eigenvalue weighted by atomic mass is 10.0. The van der Waals surface area contributed by atoms with Crippen molar-refractivity contribution in [3.63, 3.8) is 0 Å². The number of ether oxygens (including phenoxy) is 3. The van der Waals surface area contributed by atoms with Gasteiger partial charge < -0.3 is 24.2 Å². The zero-order chi connectivity index (χ0) is 27.0. The van der Waals surface area contributed by atoms with E-state index in [9.17, 15) is 18.7 Å². The highest BCUT2D eigenvalue weighted by Gasteiger charge is 2.37. The largest absolute Gasteiger partial charge is 0.492 e. The van der Waals surface area contributed by atoms with Gasteiger partial charge in [-0.05, 0) is 55.8 Å². The molecule has 1 amide bonds. The number of carbonyl (C=O) groups excluding carboxylic acids is 1. The van der Waals surface area contributed by atoms with Crippen LogP contribution in [0.3, 0.4) is 0 Å². The van der Waals surface area contributed by atoms with E-state index in [2.05, 4.69) is 9.80 Å². The van der Waals surface area contributed by atoms with Gasteiger partial charge in [-0.3, -0.25) is 14.6 Å². The van der Waals surface area contributed by atoms with Crippen molar-refractivity contribution in [1.82, 2.24) is 14.7 Å². The second kappa shape index (κ2) is 13.3. The minimum Gasteiger partial charge on any atom is -0.492 e. The molecule has 1 N–H and O–H groups in total. The van der Waals surface area contributed by atoms with Gasteiger partial charge in [0.05, 0.1) is 6.54 Å². The second-order valence-electron chi connectivity index (χ2n) is 10.1. The molecule has 1 atom stereocenters. The monoisotopic (exact) mass is 533 g/mol. The van der Waals surface area contributed by atoms with E-state index in [0.717, 1.165) is 43.1 Å². The van der Waals surface area contributed by atoms with E-state index in [1.54, 1.807) is 4.90 Å². The molecule has 0 spiro atoms. The summed E-state index contributed by atoms with van der Waals surface area (Å²) in [4.78, 5) is 18.6. The number of likely N-dealkylation sites (tertiary alicyclic amines) is 1. The van der Waals surface area contributed by atoms with Crippen molar-refractivity contribution < 1.29 is 32.9 Å². The summed E-state index contributed by atoms with van der Waals surface area (Å²) in [6.07, 6.45) is 2.50. The summed E-state index contributed by atoms with van der Waals surface area (Å²) in [5.41, 5.74) is -0.432. The van der Waals surface area contributed by atoms with Crippen LogP contribution in [-0.4, -0.2) is 104 Å². The normalized spacial score (nSPS) is 20.9. The molecule has 0 bridgehead atoms. The first kappa shape index (κ1) is 28.2. The van der Waals surface area contributed by atoms with E-state index >= 15 is 0 Å². The first-order valence-corrected chi connectivity index (χ1v) is 13.1. The van der Waals surface area contributed by atoms with Crippen LogP contribution in [0.2, 0.25) is 0 Å². The molecule has 0 radical (unpaired) electrons. The fourth-order valence-corrected chi connectivity index (χ4v) is 4.97. The zero-order valence-corrected chi connectivity index (χ0v) is 21.9. The van der Waals surface area contributed by atoms with Crippen molar-refractivity contribution >= 4 is 5.91 Å². The van der Waals surface area contributed by atoms with Crippen LogP contribution in [-0.2, 0) is 16.1 Å². The van der Waals surface area contributed by atoms with Crippen LogP contribution in [0.25, 0.3) is 0 Å². The fourth-order valence-electron chi connectivity index (χ4n) is 4.97. The topological polar surface area (TPSA) is 74.7 Å². The molecule has 2 aliphatic rings. The Kier molecular flexibility index (Phi) is 9.90. The van der Waals surface area contributed by atoms with Crippen LogP contribution in [0, 0.1) is 11.6 Å². The van der Waals surface area contributed by atoms with Crippen molar-refractivity contribution in [3.8, 4) is 11.5 Å². The first-order chi connectivity index (χ1) is 18.3. The Labute approximate surface area is 222 Å². The van der Waals surface area contributed by atoms with E-state index in [4.69, 9.17) is 14.2 Å². The molecule has 4 rings (SSSR count). The zero-order valence-electron chi connectivity index (χ0n) is 21.9. The maximum Gasteiger partial charge on any atom is 0.248 e. The fraction of sp³-hybridized carbons (Fsp3) is 0.536. The van der Waals surface area contributed by atoms with Crippen molar-refractivity contribution in [2.75, 3.05) is 72.7 Å². The van der Waals surface area contributed by atoms with Crippen molar-refractivity contribution in [3.05, 3.63) is 59.7 Å². The van der Waals surface area contributed by atoms with Gasteiger partial charge >= 0.3 is 0 Å². The Morgan fingerprint density at radius 2 is 1.74 bits per heavy atom. The number of carbonyl (C=O) groups is 1. The third kappa shape index (κ3) is 8.10. The molecule has 8 nitrogen and oxygen atoms in total. The summed E-state index contributed by atoms with van der Waals surface area (Å²) in [5, 5.41) is 11.5. The molecular formula is C28H37F2N3O5. The molecule has 0 saturated carbocycles. The number of halogens is 2. The Morgan fingerprint density at radius 1 is 0.947 bits per heavy atom. The lowest BCUT2D eigenvalue weighted by Gasteiger charge is -2.33. The number of rotatable bonds is 11. The quantitative estimate of drug-likeness (QED) is 0.476. The molecule has 2 saturated heterocycles. The van der Waals surface area contributed by atoms with Gasteiger partial charge in [0.15, 0.2) is 11.6 Å².